The number of rotatable bonds is 2. The van der Waals surface area contributed by atoms with Gasteiger partial charge in [0.1, 0.15) is 23.5 Å². The number of nitriles is 2. The lowest BCUT2D eigenvalue weighted by atomic mass is 9.68. The summed E-state index contributed by atoms with van der Waals surface area (Å²) >= 11 is 7.93. The molecule has 4 nitrogen and oxygen atoms in total. The Kier molecular flexibility index (Phi) is 6.28. The van der Waals surface area contributed by atoms with Crippen molar-refractivity contribution in [2.45, 2.75) is 76.0 Å². The molecule has 0 atom stereocenters. The summed E-state index contributed by atoms with van der Waals surface area (Å²) in [6.07, 6.45) is 16.7. The monoisotopic (exact) mass is 622 g/mol. The van der Waals surface area contributed by atoms with Crippen LogP contribution in [0.1, 0.15) is 91.5 Å². The zero-order valence-electron chi connectivity index (χ0n) is 23.3. The van der Waals surface area contributed by atoms with E-state index < -0.39 is 0 Å². The molecule has 0 aliphatic heterocycles. The maximum Gasteiger partial charge on any atom is 0.117 e. The molecular weight excluding hydrogens is 593 g/mol. The Bertz CT molecular complexity index is 1870. The molecule has 4 aliphatic rings. The van der Waals surface area contributed by atoms with Crippen LogP contribution in [0.25, 0.3) is 39.7 Å². The molecule has 8 rings (SSSR count). The number of nitrogens with zero attached hydrogens (tertiary/aromatic N) is 2. The molecule has 0 saturated heterocycles. The van der Waals surface area contributed by atoms with Crippen LogP contribution in [0.5, 0.6) is 0 Å². The topological polar surface area (TPSA) is 99.6 Å². The zero-order chi connectivity index (χ0) is 28.6. The summed E-state index contributed by atoms with van der Waals surface area (Å²) in [5.41, 5.74) is 20.8. The first kappa shape index (κ1) is 26.5. The molecule has 1 fully saturated rings. The summed E-state index contributed by atoms with van der Waals surface area (Å²) < 4.78 is 5.81. The van der Waals surface area contributed by atoms with Gasteiger partial charge in [-0.25, -0.2) is 0 Å². The van der Waals surface area contributed by atoms with Crippen LogP contribution in [0.3, 0.4) is 0 Å². The Labute approximate surface area is 261 Å². The standard InChI is InChI=1S/C34H30N4S4/c35-16-22(37)18-6-4-8-20(12-18)24-14-26-30(39-24)28-32(41-26)33-29(34(28)10-2-1-3-11-34)31-27(42-33)15-25(40-31)21-9-5-7-19(13-21)23(38)17-36/h12-15H,1-11,37-38H2/b22-18-,23-19+. The SMILES string of the molecule is N#C/C(N)=C1/C=C(c2cc3sc4c(c3s2)C2(CCCCC2)c2c-4sc3cc(C4=C/C(=C(/N)C#N)CCC4)sc23)CCC1. The van der Waals surface area contributed by atoms with Gasteiger partial charge in [0.15, 0.2) is 0 Å². The highest BCUT2D eigenvalue weighted by atomic mass is 32.1. The summed E-state index contributed by atoms with van der Waals surface area (Å²) in [7, 11) is 0. The van der Waals surface area contributed by atoms with Crippen LogP contribution in [0.2, 0.25) is 0 Å². The summed E-state index contributed by atoms with van der Waals surface area (Å²) in [6, 6.07) is 9.13. The predicted octanol–water partition coefficient (Wildman–Crippen LogP) is 10.1. The van der Waals surface area contributed by atoms with Crippen molar-refractivity contribution >= 4 is 75.3 Å². The Morgan fingerprint density at radius 3 is 1.57 bits per heavy atom. The highest BCUT2D eigenvalue weighted by molar-refractivity contribution is 7.35. The number of hydrogen-bond acceptors (Lipinski definition) is 8. The number of hydrogen-bond donors (Lipinski definition) is 2. The molecule has 4 heterocycles. The van der Waals surface area contributed by atoms with Crippen molar-refractivity contribution in [3.8, 4) is 21.9 Å². The average molecular weight is 623 g/mol. The summed E-state index contributed by atoms with van der Waals surface area (Å²) in [6.45, 7) is 0. The fraction of sp³-hybridized carbons (Fsp3) is 0.353. The van der Waals surface area contributed by atoms with Gasteiger partial charge in [-0.1, -0.05) is 31.4 Å². The summed E-state index contributed by atoms with van der Waals surface area (Å²) in [4.78, 5) is 5.73. The average Bonchev–Trinajstić information content (AvgIpc) is 3.82. The lowest BCUT2D eigenvalue weighted by Crippen LogP contribution is -2.27. The normalized spacial score (nSPS) is 22.0. The van der Waals surface area contributed by atoms with E-state index >= 15 is 0 Å². The van der Waals surface area contributed by atoms with E-state index in [1.807, 2.05) is 45.3 Å². The molecule has 0 unspecified atom stereocenters. The van der Waals surface area contributed by atoms with E-state index in [0.717, 1.165) is 49.7 Å². The zero-order valence-corrected chi connectivity index (χ0v) is 26.5. The van der Waals surface area contributed by atoms with Crippen molar-refractivity contribution < 1.29 is 0 Å². The minimum absolute atomic E-state index is 0.109. The van der Waals surface area contributed by atoms with Crippen LogP contribution >= 0.6 is 45.3 Å². The lowest BCUT2D eigenvalue weighted by Gasteiger charge is -2.35. The highest BCUT2D eigenvalue weighted by Gasteiger charge is 2.49. The van der Waals surface area contributed by atoms with E-state index in [1.165, 1.54) is 81.6 Å². The van der Waals surface area contributed by atoms with Gasteiger partial charge >= 0.3 is 0 Å². The molecule has 0 radical (unpaired) electrons. The van der Waals surface area contributed by atoms with E-state index in [2.05, 4.69) is 36.4 Å². The van der Waals surface area contributed by atoms with E-state index in [-0.39, 0.29) is 5.41 Å². The maximum atomic E-state index is 9.35. The van der Waals surface area contributed by atoms with Crippen LogP contribution in [0.4, 0.5) is 0 Å². The van der Waals surface area contributed by atoms with Gasteiger partial charge in [-0.05, 0) is 85.8 Å². The van der Waals surface area contributed by atoms with E-state index in [4.69, 9.17) is 11.5 Å². The van der Waals surface area contributed by atoms with Crippen molar-refractivity contribution in [2.75, 3.05) is 0 Å². The second kappa shape index (κ2) is 9.96. The predicted molar refractivity (Wildman–Crippen MR) is 180 cm³/mol. The van der Waals surface area contributed by atoms with Gasteiger partial charge in [0.25, 0.3) is 0 Å². The quantitative estimate of drug-likeness (QED) is 0.217. The van der Waals surface area contributed by atoms with Gasteiger partial charge in [-0.3, -0.25) is 0 Å². The van der Waals surface area contributed by atoms with Gasteiger partial charge in [0.05, 0.1) is 19.2 Å². The van der Waals surface area contributed by atoms with Crippen LogP contribution in [0, 0.1) is 22.7 Å². The fourth-order valence-corrected chi connectivity index (χ4v) is 13.6. The minimum Gasteiger partial charge on any atom is -0.390 e. The number of nitrogens with two attached hydrogens (primary N) is 2. The van der Waals surface area contributed by atoms with Crippen molar-refractivity contribution in [3.05, 3.63) is 67.7 Å². The molecule has 8 heteroatoms. The maximum absolute atomic E-state index is 9.35. The van der Waals surface area contributed by atoms with Crippen LogP contribution in [-0.2, 0) is 5.41 Å². The molecule has 4 aliphatic carbocycles. The first-order valence-electron chi connectivity index (χ1n) is 14.8. The lowest BCUT2D eigenvalue weighted by molar-refractivity contribution is 0.358. The number of allylic oxidation sites excluding steroid dienone is 8. The number of fused-ring (bicyclic) bond motifs is 9. The van der Waals surface area contributed by atoms with Crippen molar-refractivity contribution in [3.63, 3.8) is 0 Å². The molecule has 1 spiro atoms. The van der Waals surface area contributed by atoms with E-state index in [9.17, 15) is 10.5 Å². The highest BCUT2D eigenvalue weighted by Crippen LogP contribution is 2.66. The minimum atomic E-state index is 0.109. The summed E-state index contributed by atoms with van der Waals surface area (Å²) in [5, 5.41) is 18.7. The fourth-order valence-electron chi connectivity index (χ4n) is 7.67. The van der Waals surface area contributed by atoms with E-state index in [1.54, 1.807) is 11.1 Å². The molecule has 4 N–H and O–H groups in total. The molecule has 0 aromatic carbocycles. The Morgan fingerprint density at radius 1 is 0.643 bits per heavy atom. The van der Waals surface area contributed by atoms with Crippen molar-refractivity contribution in [1.29, 1.82) is 10.5 Å². The molecule has 0 bridgehead atoms. The molecular formula is C34H30N4S4. The Morgan fingerprint density at radius 2 is 1.12 bits per heavy atom. The van der Waals surface area contributed by atoms with Crippen LogP contribution in [-0.4, -0.2) is 0 Å². The van der Waals surface area contributed by atoms with Gasteiger partial charge in [0, 0.05) is 35.7 Å². The Hall–Kier alpha value is -3.14. The van der Waals surface area contributed by atoms with Gasteiger partial charge in [-0.15, -0.1) is 45.3 Å². The van der Waals surface area contributed by atoms with Crippen LogP contribution < -0.4 is 11.5 Å². The smallest absolute Gasteiger partial charge is 0.117 e. The molecule has 4 aromatic rings. The molecule has 4 aromatic heterocycles. The Balaban J connectivity index is 1.26. The van der Waals surface area contributed by atoms with Gasteiger partial charge in [-0.2, -0.15) is 10.5 Å². The van der Waals surface area contributed by atoms with Gasteiger partial charge < -0.3 is 11.5 Å². The summed E-state index contributed by atoms with van der Waals surface area (Å²) in [5.74, 6) is 0. The molecule has 0 amide bonds. The van der Waals surface area contributed by atoms with Crippen molar-refractivity contribution in [1.82, 2.24) is 0 Å². The second-order valence-electron chi connectivity index (χ2n) is 12.0. The van der Waals surface area contributed by atoms with E-state index in [0.29, 0.717) is 11.4 Å². The molecule has 210 valence electrons. The third-order valence-corrected chi connectivity index (χ3v) is 14.8. The molecule has 42 heavy (non-hydrogen) atoms. The largest absolute Gasteiger partial charge is 0.390 e. The van der Waals surface area contributed by atoms with Crippen LogP contribution in [0.15, 0.2) is 46.8 Å². The second-order valence-corrected chi connectivity index (χ2v) is 16.2. The first-order valence-corrected chi connectivity index (χ1v) is 18.1. The number of thiophene rings is 4. The third kappa shape index (κ3) is 3.86. The molecule has 1 saturated carbocycles. The first-order chi connectivity index (χ1) is 20.5. The van der Waals surface area contributed by atoms with Crippen molar-refractivity contribution in [2.24, 2.45) is 11.5 Å². The van der Waals surface area contributed by atoms with Gasteiger partial charge in [0.2, 0.25) is 0 Å². The third-order valence-electron chi connectivity index (χ3n) is 9.65.